The van der Waals surface area contributed by atoms with Crippen LogP contribution in [0, 0.1) is 11.8 Å². The van der Waals surface area contributed by atoms with Crippen LogP contribution in [0.15, 0.2) is 0 Å². The largest absolute Gasteiger partial charge is 0.469 e. The molecule has 8 nitrogen and oxygen atoms in total. The molecule has 5 unspecified atom stereocenters. The highest BCUT2D eigenvalue weighted by atomic mass is 16.6. The molecule has 4 N–H and O–H groups in total. The van der Waals surface area contributed by atoms with Crippen molar-refractivity contribution in [3.63, 3.8) is 0 Å². The Morgan fingerprint density at radius 1 is 0.964 bits per heavy atom. The van der Waals surface area contributed by atoms with E-state index in [0.717, 1.165) is 25.7 Å². The van der Waals surface area contributed by atoms with E-state index < -0.39 is 17.6 Å². The molecule has 0 spiro atoms. The minimum absolute atomic E-state index is 0.149. The third-order valence-electron chi connectivity index (χ3n) is 5.56. The van der Waals surface area contributed by atoms with Gasteiger partial charge in [0.2, 0.25) is 5.91 Å². The van der Waals surface area contributed by atoms with Gasteiger partial charge < -0.3 is 25.8 Å². The molecule has 0 heterocycles. The molecule has 0 aromatic rings. The van der Waals surface area contributed by atoms with Crippen LogP contribution in [-0.2, 0) is 19.1 Å². The molecule has 2 rings (SSSR count). The normalized spacial score (nSPS) is 30.8. The lowest BCUT2D eigenvalue weighted by Crippen LogP contribution is -2.54. The van der Waals surface area contributed by atoms with Gasteiger partial charge in [0, 0.05) is 18.1 Å². The summed E-state index contributed by atoms with van der Waals surface area (Å²) in [4.78, 5) is 37.0. The fraction of sp³-hybridized carbons (Fsp3) is 0.850. The number of hydrogen-bond acceptors (Lipinski definition) is 6. The Morgan fingerprint density at radius 2 is 1.64 bits per heavy atom. The summed E-state index contributed by atoms with van der Waals surface area (Å²) in [5.74, 6) is -1.14. The van der Waals surface area contributed by atoms with E-state index in [1.165, 1.54) is 7.11 Å². The SMILES string of the molecule is COC(=O)C1CCCCC1NC(=O)C1CC(NC(=O)OC(C)(C)C)CCC1N. The predicted octanol–water partition coefficient (Wildman–Crippen LogP) is 1.86. The summed E-state index contributed by atoms with van der Waals surface area (Å²) in [6.45, 7) is 5.42. The number of alkyl carbamates (subject to hydrolysis) is 1. The lowest BCUT2D eigenvalue weighted by molar-refractivity contribution is -0.148. The maximum Gasteiger partial charge on any atom is 0.407 e. The average Bonchev–Trinajstić information content (AvgIpc) is 2.61. The molecule has 8 heteroatoms. The van der Waals surface area contributed by atoms with Gasteiger partial charge in [-0.2, -0.15) is 0 Å². The third-order valence-corrected chi connectivity index (χ3v) is 5.56. The van der Waals surface area contributed by atoms with Crippen LogP contribution in [0.3, 0.4) is 0 Å². The number of rotatable bonds is 4. The first kappa shape index (κ1) is 22.5. The van der Waals surface area contributed by atoms with E-state index in [-0.39, 0.29) is 35.9 Å². The zero-order chi connectivity index (χ0) is 20.9. The van der Waals surface area contributed by atoms with Crippen LogP contribution in [0.25, 0.3) is 0 Å². The van der Waals surface area contributed by atoms with Crippen molar-refractivity contribution < 1.29 is 23.9 Å². The van der Waals surface area contributed by atoms with Crippen molar-refractivity contribution in [2.45, 2.75) is 89.4 Å². The van der Waals surface area contributed by atoms with Crippen LogP contribution in [0.2, 0.25) is 0 Å². The lowest BCUT2D eigenvalue weighted by atomic mass is 9.80. The van der Waals surface area contributed by atoms with Crippen molar-refractivity contribution in [2.75, 3.05) is 7.11 Å². The van der Waals surface area contributed by atoms with E-state index in [4.69, 9.17) is 15.2 Å². The molecule has 2 saturated carbocycles. The highest BCUT2D eigenvalue weighted by Crippen LogP contribution is 2.28. The first-order valence-electron chi connectivity index (χ1n) is 10.2. The van der Waals surface area contributed by atoms with Crippen LogP contribution >= 0.6 is 0 Å². The van der Waals surface area contributed by atoms with Crippen LogP contribution in [0.5, 0.6) is 0 Å². The third kappa shape index (κ3) is 6.36. The fourth-order valence-corrected chi connectivity index (χ4v) is 4.13. The second-order valence-electron chi connectivity index (χ2n) is 8.96. The Bertz CT molecular complexity index is 575. The molecular formula is C20H35N3O5. The standard InChI is InChI=1S/C20H35N3O5/c1-20(2,3)28-19(26)22-12-9-10-15(21)14(11-12)17(24)23-16-8-6-5-7-13(16)18(25)27-4/h12-16H,5-11,21H2,1-4H3,(H,22,26)(H,23,24). The minimum atomic E-state index is -0.574. The smallest absolute Gasteiger partial charge is 0.407 e. The molecule has 2 aliphatic carbocycles. The van der Waals surface area contributed by atoms with Gasteiger partial charge in [-0.15, -0.1) is 0 Å². The first-order chi connectivity index (χ1) is 13.1. The zero-order valence-corrected chi connectivity index (χ0v) is 17.5. The number of amides is 2. The number of nitrogens with two attached hydrogens (primary N) is 1. The molecule has 160 valence electrons. The quantitative estimate of drug-likeness (QED) is 0.623. The van der Waals surface area contributed by atoms with E-state index in [1.807, 2.05) is 20.8 Å². The molecule has 2 amide bonds. The second kappa shape index (κ2) is 9.58. The van der Waals surface area contributed by atoms with E-state index in [2.05, 4.69) is 10.6 Å². The second-order valence-corrected chi connectivity index (χ2v) is 8.96. The summed E-state index contributed by atoms with van der Waals surface area (Å²) in [6.07, 6.45) is 4.73. The summed E-state index contributed by atoms with van der Waals surface area (Å²) in [5.41, 5.74) is 5.63. The number of nitrogens with one attached hydrogen (secondary N) is 2. The Labute approximate surface area is 167 Å². The molecule has 0 bridgehead atoms. The van der Waals surface area contributed by atoms with Crippen LogP contribution < -0.4 is 16.4 Å². The van der Waals surface area contributed by atoms with Gasteiger partial charge >= 0.3 is 12.1 Å². The Balaban J connectivity index is 1.95. The van der Waals surface area contributed by atoms with Crippen molar-refractivity contribution in [2.24, 2.45) is 17.6 Å². The van der Waals surface area contributed by atoms with Gasteiger partial charge in [-0.1, -0.05) is 12.8 Å². The maximum absolute atomic E-state index is 12.9. The highest BCUT2D eigenvalue weighted by molar-refractivity contribution is 5.81. The first-order valence-corrected chi connectivity index (χ1v) is 10.2. The number of carbonyl (C=O) groups excluding carboxylic acids is 3. The molecule has 0 aliphatic heterocycles. The van der Waals surface area contributed by atoms with Crippen molar-refractivity contribution in [1.82, 2.24) is 10.6 Å². The van der Waals surface area contributed by atoms with Crippen molar-refractivity contribution in [3.05, 3.63) is 0 Å². The average molecular weight is 398 g/mol. The van der Waals surface area contributed by atoms with Gasteiger partial charge in [0.05, 0.1) is 18.9 Å². The fourth-order valence-electron chi connectivity index (χ4n) is 4.13. The minimum Gasteiger partial charge on any atom is -0.469 e. The number of methoxy groups -OCH3 is 1. The molecule has 0 aromatic heterocycles. The number of esters is 1. The number of carbonyl (C=O) groups is 3. The van der Waals surface area contributed by atoms with Crippen LogP contribution in [0.4, 0.5) is 4.79 Å². The molecule has 2 aliphatic rings. The van der Waals surface area contributed by atoms with Gasteiger partial charge in [-0.3, -0.25) is 9.59 Å². The molecular weight excluding hydrogens is 362 g/mol. The lowest BCUT2D eigenvalue weighted by Gasteiger charge is -2.36. The van der Waals surface area contributed by atoms with Gasteiger partial charge in [-0.25, -0.2) is 4.79 Å². The topological polar surface area (TPSA) is 120 Å². The highest BCUT2D eigenvalue weighted by Gasteiger charge is 2.38. The van der Waals surface area contributed by atoms with E-state index in [0.29, 0.717) is 19.3 Å². The molecule has 0 aromatic carbocycles. The van der Waals surface area contributed by atoms with Gasteiger partial charge in [0.15, 0.2) is 0 Å². The van der Waals surface area contributed by atoms with E-state index >= 15 is 0 Å². The summed E-state index contributed by atoms with van der Waals surface area (Å²) in [5, 5.41) is 5.88. The Hall–Kier alpha value is -1.83. The monoisotopic (exact) mass is 397 g/mol. The summed E-state index contributed by atoms with van der Waals surface area (Å²) >= 11 is 0. The summed E-state index contributed by atoms with van der Waals surface area (Å²) < 4.78 is 10.2. The van der Waals surface area contributed by atoms with Crippen molar-refractivity contribution >= 4 is 18.0 Å². The Morgan fingerprint density at radius 3 is 2.29 bits per heavy atom. The number of ether oxygens (including phenoxy) is 2. The summed E-state index contributed by atoms with van der Waals surface area (Å²) in [7, 11) is 1.37. The summed E-state index contributed by atoms with van der Waals surface area (Å²) in [6, 6.07) is -0.648. The van der Waals surface area contributed by atoms with Gasteiger partial charge in [0.1, 0.15) is 5.60 Å². The van der Waals surface area contributed by atoms with Crippen LogP contribution in [-0.4, -0.2) is 48.8 Å². The van der Waals surface area contributed by atoms with Crippen molar-refractivity contribution in [1.29, 1.82) is 0 Å². The van der Waals surface area contributed by atoms with Gasteiger partial charge in [-0.05, 0) is 52.9 Å². The molecule has 0 radical (unpaired) electrons. The zero-order valence-electron chi connectivity index (χ0n) is 17.5. The van der Waals surface area contributed by atoms with Crippen LogP contribution in [0.1, 0.15) is 65.7 Å². The maximum atomic E-state index is 12.9. The van der Waals surface area contributed by atoms with Crippen molar-refractivity contribution in [3.8, 4) is 0 Å². The molecule has 28 heavy (non-hydrogen) atoms. The Kier molecular flexibility index (Phi) is 7.69. The predicted molar refractivity (Wildman–Crippen MR) is 104 cm³/mol. The van der Waals surface area contributed by atoms with E-state index in [9.17, 15) is 14.4 Å². The van der Waals surface area contributed by atoms with Gasteiger partial charge in [0.25, 0.3) is 0 Å². The molecule has 0 saturated heterocycles. The van der Waals surface area contributed by atoms with E-state index in [1.54, 1.807) is 0 Å². The molecule has 2 fully saturated rings. The molecule has 5 atom stereocenters. The number of hydrogen-bond donors (Lipinski definition) is 3.